The lowest BCUT2D eigenvalue weighted by Gasteiger charge is -2.01. The molecular formula is C12H11Cl2N5O. The van der Waals surface area contributed by atoms with Gasteiger partial charge in [0.05, 0.1) is 10.0 Å². The Morgan fingerprint density at radius 2 is 2.05 bits per heavy atom. The van der Waals surface area contributed by atoms with Crippen LogP contribution in [0, 0.1) is 6.92 Å². The number of carbonyl (C=O) groups is 1. The third-order valence-electron chi connectivity index (χ3n) is 2.52. The monoisotopic (exact) mass is 311 g/mol. The first-order valence-corrected chi connectivity index (χ1v) is 6.30. The number of nitrogens with one attached hydrogen (secondary N) is 1. The number of aromatic nitrogens is 2. The third kappa shape index (κ3) is 2.76. The summed E-state index contributed by atoms with van der Waals surface area (Å²) in [6, 6.07) is 5.13. The van der Waals surface area contributed by atoms with E-state index in [0.717, 1.165) is 0 Å². The number of hydrogen-bond donors (Lipinski definition) is 3. The van der Waals surface area contributed by atoms with E-state index in [9.17, 15) is 4.79 Å². The summed E-state index contributed by atoms with van der Waals surface area (Å²) in [4.78, 5) is 22.4. The lowest BCUT2D eigenvalue weighted by atomic mass is 10.2. The Morgan fingerprint density at radius 3 is 2.70 bits per heavy atom. The minimum Gasteiger partial charge on any atom is -0.370 e. The predicted molar refractivity (Wildman–Crippen MR) is 78.9 cm³/mol. The molecule has 20 heavy (non-hydrogen) atoms. The van der Waals surface area contributed by atoms with Gasteiger partial charge in [0.1, 0.15) is 5.82 Å². The van der Waals surface area contributed by atoms with Gasteiger partial charge in [0.2, 0.25) is 0 Å². The number of halogens is 2. The van der Waals surface area contributed by atoms with Gasteiger partial charge in [0.15, 0.2) is 11.7 Å². The van der Waals surface area contributed by atoms with Gasteiger partial charge in [0.25, 0.3) is 0 Å². The lowest BCUT2D eigenvalue weighted by Crippen LogP contribution is -2.24. The van der Waals surface area contributed by atoms with Gasteiger partial charge in [0, 0.05) is 11.3 Å². The van der Waals surface area contributed by atoms with Gasteiger partial charge in [-0.25, -0.2) is 4.98 Å². The predicted octanol–water partition coefficient (Wildman–Crippen LogP) is 2.11. The summed E-state index contributed by atoms with van der Waals surface area (Å²) in [7, 11) is 0. The van der Waals surface area contributed by atoms with Crippen molar-refractivity contribution in [2.45, 2.75) is 6.92 Å². The van der Waals surface area contributed by atoms with Gasteiger partial charge in [-0.05, 0) is 19.1 Å². The van der Waals surface area contributed by atoms with E-state index >= 15 is 0 Å². The van der Waals surface area contributed by atoms with Gasteiger partial charge < -0.3 is 16.5 Å². The molecule has 1 amide bonds. The molecule has 1 heterocycles. The molecule has 0 atom stereocenters. The Morgan fingerprint density at radius 1 is 1.35 bits per heavy atom. The molecule has 5 N–H and O–H groups in total. The molecule has 0 spiro atoms. The average Bonchev–Trinajstić information content (AvgIpc) is 2.74. The Hall–Kier alpha value is -2.05. The maximum Gasteiger partial charge on any atom is 0.300 e. The van der Waals surface area contributed by atoms with Crippen LogP contribution in [0.25, 0.3) is 11.4 Å². The Kier molecular flexibility index (Phi) is 3.96. The minimum absolute atomic E-state index is 0.129. The summed E-state index contributed by atoms with van der Waals surface area (Å²) in [6.45, 7) is 1.68. The molecule has 104 valence electrons. The van der Waals surface area contributed by atoms with Crippen LogP contribution in [0.1, 0.15) is 16.2 Å². The molecule has 0 bridgehead atoms. The van der Waals surface area contributed by atoms with Crippen molar-refractivity contribution in [1.29, 1.82) is 0 Å². The molecule has 0 saturated carbocycles. The number of amides is 1. The lowest BCUT2D eigenvalue weighted by molar-refractivity contribution is 0.0998. The van der Waals surface area contributed by atoms with E-state index in [1.807, 2.05) is 0 Å². The number of rotatable bonds is 2. The van der Waals surface area contributed by atoms with E-state index in [1.165, 1.54) is 0 Å². The fourth-order valence-corrected chi connectivity index (χ4v) is 2.04. The Balaban J connectivity index is 2.49. The quantitative estimate of drug-likeness (QED) is 0.582. The van der Waals surface area contributed by atoms with Crippen molar-refractivity contribution in [3.05, 3.63) is 39.6 Å². The first-order chi connectivity index (χ1) is 9.40. The van der Waals surface area contributed by atoms with Gasteiger partial charge in [-0.15, -0.1) is 0 Å². The van der Waals surface area contributed by atoms with Crippen LogP contribution in [0.15, 0.2) is 23.2 Å². The summed E-state index contributed by atoms with van der Waals surface area (Å²) in [5, 5.41) is 0.749. The van der Waals surface area contributed by atoms with Crippen LogP contribution in [0.4, 0.5) is 0 Å². The van der Waals surface area contributed by atoms with Crippen LogP contribution in [0.3, 0.4) is 0 Å². The van der Waals surface area contributed by atoms with Crippen molar-refractivity contribution < 1.29 is 4.79 Å². The highest BCUT2D eigenvalue weighted by atomic mass is 35.5. The summed E-state index contributed by atoms with van der Waals surface area (Å²) in [5.41, 5.74) is 11.6. The molecular weight excluding hydrogens is 301 g/mol. The Labute approximate surface area is 124 Å². The van der Waals surface area contributed by atoms with Crippen molar-refractivity contribution in [3.63, 3.8) is 0 Å². The molecule has 1 aromatic carbocycles. The molecule has 2 rings (SSSR count). The molecule has 0 fully saturated rings. The smallest absolute Gasteiger partial charge is 0.300 e. The van der Waals surface area contributed by atoms with Crippen LogP contribution < -0.4 is 11.5 Å². The molecule has 1 aromatic heterocycles. The van der Waals surface area contributed by atoms with Crippen LogP contribution in [-0.4, -0.2) is 21.8 Å². The first-order valence-electron chi connectivity index (χ1n) is 5.55. The second kappa shape index (κ2) is 5.52. The van der Waals surface area contributed by atoms with Gasteiger partial charge in [-0.1, -0.05) is 29.3 Å². The van der Waals surface area contributed by atoms with E-state index in [-0.39, 0.29) is 11.7 Å². The molecule has 0 unspecified atom stereocenters. The highest BCUT2D eigenvalue weighted by molar-refractivity contribution is 6.43. The number of H-pyrrole nitrogens is 1. The third-order valence-corrected chi connectivity index (χ3v) is 3.34. The van der Waals surface area contributed by atoms with Crippen LogP contribution >= 0.6 is 23.2 Å². The molecule has 0 aliphatic heterocycles. The van der Waals surface area contributed by atoms with Crippen molar-refractivity contribution >= 4 is 35.1 Å². The maximum atomic E-state index is 11.8. The van der Waals surface area contributed by atoms with Crippen molar-refractivity contribution in [2.75, 3.05) is 0 Å². The molecule has 8 heteroatoms. The van der Waals surface area contributed by atoms with E-state index in [2.05, 4.69) is 15.0 Å². The highest BCUT2D eigenvalue weighted by Gasteiger charge is 2.17. The SMILES string of the molecule is Cc1[nH]c(-c2cccc(Cl)c2Cl)nc1C(=O)N=C(N)N. The second-order valence-corrected chi connectivity index (χ2v) is 4.79. The number of aromatic amines is 1. The fourth-order valence-electron chi connectivity index (χ4n) is 1.65. The molecule has 0 radical (unpaired) electrons. The number of imidazole rings is 1. The average molecular weight is 312 g/mol. The highest BCUT2D eigenvalue weighted by Crippen LogP contribution is 2.32. The number of benzene rings is 1. The number of guanidine groups is 1. The standard InChI is InChI=1S/C12H11Cl2N5O/c1-5-9(11(20)19-12(15)16)18-10(17-5)6-3-2-4-7(13)8(6)14/h2-4H,1H3,(H,17,18)(H4,15,16,19,20). The molecule has 0 aliphatic carbocycles. The van der Waals surface area contributed by atoms with Gasteiger partial charge in [-0.2, -0.15) is 4.99 Å². The minimum atomic E-state index is -0.622. The van der Waals surface area contributed by atoms with E-state index in [4.69, 9.17) is 34.7 Å². The number of hydrogen-bond acceptors (Lipinski definition) is 2. The summed E-state index contributed by atoms with van der Waals surface area (Å²) < 4.78 is 0. The van der Waals surface area contributed by atoms with Crippen molar-refractivity contribution in [2.24, 2.45) is 16.5 Å². The van der Waals surface area contributed by atoms with Crippen LogP contribution in [0.5, 0.6) is 0 Å². The van der Waals surface area contributed by atoms with E-state index < -0.39 is 5.91 Å². The zero-order chi connectivity index (χ0) is 14.9. The van der Waals surface area contributed by atoms with Crippen LogP contribution in [0.2, 0.25) is 10.0 Å². The number of aliphatic imine (C=N–C) groups is 1. The fraction of sp³-hybridized carbons (Fsp3) is 0.0833. The molecule has 0 saturated heterocycles. The normalized spacial score (nSPS) is 10.3. The van der Waals surface area contributed by atoms with Crippen molar-refractivity contribution in [1.82, 2.24) is 9.97 Å². The van der Waals surface area contributed by atoms with Crippen molar-refractivity contribution in [3.8, 4) is 11.4 Å². The number of nitrogens with zero attached hydrogens (tertiary/aromatic N) is 2. The number of nitrogens with two attached hydrogens (primary N) is 2. The number of aryl methyl sites for hydroxylation is 1. The number of carbonyl (C=O) groups excluding carboxylic acids is 1. The topological polar surface area (TPSA) is 110 Å². The Bertz CT molecular complexity index is 704. The zero-order valence-electron chi connectivity index (χ0n) is 10.4. The van der Waals surface area contributed by atoms with E-state index in [0.29, 0.717) is 27.1 Å². The van der Waals surface area contributed by atoms with Crippen LogP contribution in [-0.2, 0) is 0 Å². The zero-order valence-corrected chi connectivity index (χ0v) is 12.0. The summed E-state index contributed by atoms with van der Waals surface area (Å²) in [5.74, 6) is -0.521. The largest absolute Gasteiger partial charge is 0.370 e. The van der Waals surface area contributed by atoms with E-state index in [1.54, 1.807) is 25.1 Å². The first kappa shape index (κ1) is 14.4. The molecule has 2 aromatic rings. The van der Waals surface area contributed by atoms with Gasteiger partial charge in [-0.3, -0.25) is 4.79 Å². The second-order valence-electron chi connectivity index (χ2n) is 4.00. The summed E-state index contributed by atoms with van der Waals surface area (Å²) in [6.07, 6.45) is 0. The molecule has 0 aliphatic rings. The van der Waals surface area contributed by atoms with Gasteiger partial charge >= 0.3 is 5.91 Å². The molecule has 6 nitrogen and oxygen atoms in total. The summed E-state index contributed by atoms with van der Waals surface area (Å²) >= 11 is 12.1. The maximum absolute atomic E-state index is 11.8.